The number of hydrogen-bond donors (Lipinski definition) is 1. The molecule has 0 radical (unpaired) electrons. The summed E-state index contributed by atoms with van der Waals surface area (Å²) in [5, 5.41) is 11.1. The number of rotatable bonds is 3. The minimum absolute atomic E-state index is 0.203. The Bertz CT molecular complexity index is 391. The number of hydrogen-bond acceptors (Lipinski definition) is 1. The topological polar surface area (TPSA) is 20.2 Å². The summed E-state index contributed by atoms with van der Waals surface area (Å²) < 4.78 is 0. The van der Waals surface area contributed by atoms with Gasteiger partial charge in [0, 0.05) is 0 Å². The Labute approximate surface area is 104 Å². The van der Waals surface area contributed by atoms with E-state index in [1.807, 2.05) is 30.3 Å². The Balaban J connectivity index is 2.42. The van der Waals surface area contributed by atoms with Gasteiger partial charge in [0.05, 0.1) is 0 Å². The van der Waals surface area contributed by atoms with Crippen LogP contribution in [0.1, 0.15) is 45.1 Å². The van der Waals surface area contributed by atoms with Gasteiger partial charge in [0.15, 0.2) is 0 Å². The van der Waals surface area contributed by atoms with Crippen LogP contribution in [0.15, 0.2) is 42.0 Å². The van der Waals surface area contributed by atoms with Gasteiger partial charge in [-0.15, -0.1) is 0 Å². The second kappa shape index (κ2) is 5.05. The maximum Gasteiger partial charge on any atom is 0.113 e. The molecule has 0 spiro atoms. The highest BCUT2D eigenvalue weighted by Crippen LogP contribution is 2.40. The van der Waals surface area contributed by atoms with E-state index < -0.39 is 5.60 Å². The van der Waals surface area contributed by atoms with Crippen molar-refractivity contribution in [3.05, 3.63) is 47.5 Å². The monoisotopic (exact) mass is 230 g/mol. The van der Waals surface area contributed by atoms with Gasteiger partial charge in [-0.3, -0.25) is 0 Å². The lowest BCUT2D eigenvalue weighted by atomic mass is 9.74. The highest BCUT2D eigenvalue weighted by atomic mass is 16.3. The fraction of sp³-hybridized carbons (Fsp3) is 0.500. The summed E-state index contributed by atoms with van der Waals surface area (Å²) in [6, 6.07) is 10.1. The lowest BCUT2D eigenvalue weighted by Crippen LogP contribution is -2.35. The molecule has 0 fully saturated rings. The molecule has 1 N–H and O–H groups in total. The molecule has 0 bridgehead atoms. The third-order valence-corrected chi connectivity index (χ3v) is 3.83. The van der Waals surface area contributed by atoms with Crippen LogP contribution in [0.5, 0.6) is 0 Å². The average molecular weight is 230 g/mol. The Morgan fingerprint density at radius 3 is 2.35 bits per heavy atom. The zero-order valence-electron chi connectivity index (χ0n) is 10.8. The fourth-order valence-electron chi connectivity index (χ4n) is 2.77. The summed E-state index contributed by atoms with van der Waals surface area (Å²) in [6.07, 6.45) is 6.84. The molecule has 1 unspecified atom stereocenters. The van der Waals surface area contributed by atoms with Crippen molar-refractivity contribution in [2.45, 2.75) is 45.1 Å². The Hall–Kier alpha value is -1.08. The van der Waals surface area contributed by atoms with Crippen LogP contribution in [-0.2, 0) is 5.60 Å². The van der Waals surface area contributed by atoms with Crippen molar-refractivity contribution in [1.82, 2.24) is 0 Å². The van der Waals surface area contributed by atoms with Crippen LogP contribution in [0.25, 0.3) is 0 Å². The maximum atomic E-state index is 11.1. The Morgan fingerprint density at radius 2 is 1.82 bits per heavy atom. The predicted octanol–water partition coefficient (Wildman–Crippen LogP) is 4.03. The van der Waals surface area contributed by atoms with Crippen molar-refractivity contribution >= 4 is 0 Å². The van der Waals surface area contributed by atoms with E-state index in [4.69, 9.17) is 0 Å². The summed E-state index contributed by atoms with van der Waals surface area (Å²) in [7, 11) is 0. The fourth-order valence-corrected chi connectivity index (χ4v) is 2.77. The van der Waals surface area contributed by atoms with Gasteiger partial charge in [-0.1, -0.05) is 50.3 Å². The van der Waals surface area contributed by atoms with Crippen molar-refractivity contribution in [3.63, 3.8) is 0 Å². The third kappa shape index (κ3) is 2.30. The van der Waals surface area contributed by atoms with E-state index in [1.165, 1.54) is 18.4 Å². The molecule has 92 valence electrons. The highest BCUT2D eigenvalue weighted by molar-refractivity contribution is 5.34. The lowest BCUT2D eigenvalue weighted by Gasteiger charge is -2.37. The first-order valence-electron chi connectivity index (χ1n) is 6.63. The summed E-state index contributed by atoms with van der Waals surface area (Å²) in [6.45, 7) is 4.20. The second-order valence-electron chi connectivity index (χ2n) is 5.26. The van der Waals surface area contributed by atoms with Crippen molar-refractivity contribution in [2.75, 3.05) is 0 Å². The van der Waals surface area contributed by atoms with Gasteiger partial charge in [-0.25, -0.2) is 0 Å². The molecule has 0 saturated carbocycles. The van der Waals surface area contributed by atoms with Gasteiger partial charge >= 0.3 is 0 Å². The highest BCUT2D eigenvalue weighted by Gasteiger charge is 2.36. The molecular formula is C16H22O. The van der Waals surface area contributed by atoms with Gasteiger partial charge in [0.1, 0.15) is 5.60 Å². The average Bonchev–Trinajstić information content (AvgIpc) is 2.39. The van der Waals surface area contributed by atoms with Crippen molar-refractivity contribution in [3.8, 4) is 0 Å². The largest absolute Gasteiger partial charge is 0.380 e. The Kier molecular flexibility index (Phi) is 3.68. The van der Waals surface area contributed by atoms with Crippen LogP contribution >= 0.6 is 0 Å². The SMILES string of the molecule is CC(C)C(O)(C1=CCCCC1)c1ccccc1. The lowest BCUT2D eigenvalue weighted by molar-refractivity contribution is 0.0226. The van der Waals surface area contributed by atoms with Crippen molar-refractivity contribution < 1.29 is 5.11 Å². The minimum atomic E-state index is -0.776. The summed E-state index contributed by atoms with van der Waals surface area (Å²) in [4.78, 5) is 0. The molecule has 1 aromatic rings. The summed E-state index contributed by atoms with van der Waals surface area (Å²) >= 11 is 0. The van der Waals surface area contributed by atoms with Gasteiger partial charge in [0.25, 0.3) is 0 Å². The molecule has 0 aromatic heterocycles. The van der Waals surface area contributed by atoms with E-state index in [-0.39, 0.29) is 5.92 Å². The predicted molar refractivity (Wildman–Crippen MR) is 71.7 cm³/mol. The number of aliphatic hydroxyl groups is 1. The van der Waals surface area contributed by atoms with Crippen LogP contribution in [0, 0.1) is 5.92 Å². The van der Waals surface area contributed by atoms with E-state index >= 15 is 0 Å². The third-order valence-electron chi connectivity index (χ3n) is 3.83. The number of allylic oxidation sites excluding steroid dienone is 1. The van der Waals surface area contributed by atoms with Crippen molar-refractivity contribution in [2.24, 2.45) is 5.92 Å². The zero-order valence-corrected chi connectivity index (χ0v) is 10.8. The molecule has 1 atom stereocenters. The molecule has 0 amide bonds. The molecule has 1 aliphatic carbocycles. The first kappa shape index (κ1) is 12.4. The molecule has 0 heterocycles. The Morgan fingerprint density at radius 1 is 1.12 bits per heavy atom. The van der Waals surface area contributed by atoms with Crippen molar-refractivity contribution in [1.29, 1.82) is 0 Å². The first-order chi connectivity index (χ1) is 8.15. The summed E-state index contributed by atoms with van der Waals surface area (Å²) in [5.41, 5.74) is 1.47. The zero-order chi connectivity index (χ0) is 12.3. The smallest absolute Gasteiger partial charge is 0.113 e. The second-order valence-corrected chi connectivity index (χ2v) is 5.26. The molecule has 2 rings (SSSR count). The van der Waals surface area contributed by atoms with E-state index in [9.17, 15) is 5.11 Å². The van der Waals surface area contributed by atoms with Crippen LogP contribution in [0.4, 0.5) is 0 Å². The molecular weight excluding hydrogens is 208 g/mol. The quantitative estimate of drug-likeness (QED) is 0.777. The van der Waals surface area contributed by atoms with Gasteiger partial charge in [-0.2, -0.15) is 0 Å². The van der Waals surface area contributed by atoms with Crippen LogP contribution < -0.4 is 0 Å². The van der Waals surface area contributed by atoms with E-state index in [0.717, 1.165) is 18.4 Å². The molecule has 1 heteroatoms. The van der Waals surface area contributed by atoms with Crippen LogP contribution in [0.2, 0.25) is 0 Å². The molecule has 0 aliphatic heterocycles. The van der Waals surface area contributed by atoms with Gasteiger partial charge < -0.3 is 5.11 Å². The van der Waals surface area contributed by atoms with E-state index in [0.29, 0.717) is 0 Å². The molecule has 1 aromatic carbocycles. The molecule has 17 heavy (non-hydrogen) atoms. The standard InChI is InChI=1S/C16H22O/c1-13(2)16(17,14-9-5-3-6-10-14)15-11-7-4-8-12-15/h3,5-6,9-11,13,17H,4,7-8,12H2,1-2H3. The number of benzene rings is 1. The van der Waals surface area contributed by atoms with Crippen LogP contribution in [0.3, 0.4) is 0 Å². The maximum absolute atomic E-state index is 11.1. The van der Waals surface area contributed by atoms with Gasteiger partial charge in [-0.05, 0) is 42.7 Å². The first-order valence-corrected chi connectivity index (χ1v) is 6.63. The summed E-state index contributed by atoms with van der Waals surface area (Å²) in [5.74, 6) is 0.203. The van der Waals surface area contributed by atoms with Gasteiger partial charge in [0.2, 0.25) is 0 Å². The van der Waals surface area contributed by atoms with E-state index in [2.05, 4.69) is 19.9 Å². The normalized spacial score (nSPS) is 19.9. The van der Waals surface area contributed by atoms with E-state index in [1.54, 1.807) is 0 Å². The molecule has 0 saturated heterocycles. The van der Waals surface area contributed by atoms with Crippen LogP contribution in [-0.4, -0.2) is 5.11 Å². The molecule has 1 nitrogen and oxygen atoms in total. The molecule has 1 aliphatic rings. The minimum Gasteiger partial charge on any atom is -0.380 e.